The lowest BCUT2D eigenvalue weighted by Gasteiger charge is -2.06. The standard InChI is InChI=1S/C19H32N4O2/c20-11-3-14-21-12-1-2-13-22-15-4-16-23-19(25)10-7-17-5-8-18(24)9-6-17/h5-10,21-22,24H,1-4,11-16,20H2,(H,23,25)/b10-7+. The van der Waals surface area contributed by atoms with Crippen molar-refractivity contribution in [1.82, 2.24) is 16.0 Å². The number of nitrogens with one attached hydrogen (secondary N) is 3. The van der Waals surface area contributed by atoms with Crippen LogP contribution in [0.5, 0.6) is 5.75 Å². The smallest absolute Gasteiger partial charge is 0.243 e. The molecule has 1 amide bonds. The molecule has 0 bridgehead atoms. The molecule has 1 aromatic carbocycles. The summed E-state index contributed by atoms with van der Waals surface area (Å²) in [7, 11) is 0. The Morgan fingerprint density at radius 2 is 1.52 bits per heavy atom. The molecule has 140 valence electrons. The van der Waals surface area contributed by atoms with Crippen molar-refractivity contribution in [3.05, 3.63) is 35.9 Å². The summed E-state index contributed by atoms with van der Waals surface area (Å²) >= 11 is 0. The molecule has 0 fully saturated rings. The molecule has 0 aromatic heterocycles. The highest BCUT2D eigenvalue weighted by Crippen LogP contribution is 2.10. The number of amides is 1. The van der Waals surface area contributed by atoms with Crippen LogP contribution >= 0.6 is 0 Å². The molecule has 1 aromatic rings. The second kappa shape index (κ2) is 14.5. The topological polar surface area (TPSA) is 99.4 Å². The molecule has 0 saturated heterocycles. The van der Waals surface area contributed by atoms with E-state index in [-0.39, 0.29) is 11.7 Å². The van der Waals surface area contributed by atoms with Gasteiger partial charge in [-0.2, -0.15) is 0 Å². The quantitative estimate of drug-likeness (QED) is 0.257. The van der Waals surface area contributed by atoms with Gasteiger partial charge in [0.15, 0.2) is 0 Å². The van der Waals surface area contributed by atoms with E-state index in [0.29, 0.717) is 6.54 Å². The molecule has 1 rings (SSSR count). The summed E-state index contributed by atoms with van der Waals surface area (Å²) < 4.78 is 0. The Kier molecular flexibility index (Phi) is 12.2. The number of nitrogens with two attached hydrogens (primary N) is 1. The number of hydrogen-bond donors (Lipinski definition) is 5. The van der Waals surface area contributed by atoms with Crippen LogP contribution in [0.3, 0.4) is 0 Å². The van der Waals surface area contributed by atoms with Gasteiger partial charge in [0.25, 0.3) is 0 Å². The monoisotopic (exact) mass is 348 g/mol. The summed E-state index contributed by atoms with van der Waals surface area (Å²) in [5, 5.41) is 18.8. The third-order valence-corrected chi connectivity index (χ3v) is 3.66. The maximum atomic E-state index is 11.7. The van der Waals surface area contributed by atoms with Gasteiger partial charge in [-0.05, 0) is 82.2 Å². The highest BCUT2D eigenvalue weighted by atomic mass is 16.3. The maximum Gasteiger partial charge on any atom is 0.243 e. The largest absolute Gasteiger partial charge is 0.508 e. The van der Waals surface area contributed by atoms with Crippen molar-refractivity contribution < 1.29 is 9.90 Å². The van der Waals surface area contributed by atoms with Crippen molar-refractivity contribution in [2.45, 2.75) is 25.7 Å². The summed E-state index contributed by atoms with van der Waals surface area (Å²) in [6, 6.07) is 6.71. The van der Waals surface area contributed by atoms with Crippen LogP contribution in [-0.4, -0.2) is 50.3 Å². The number of carbonyl (C=O) groups excluding carboxylic acids is 1. The number of unbranched alkanes of at least 4 members (excludes halogenated alkanes) is 1. The summed E-state index contributed by atoms with van der Waals surface area (Å²) in [6.45, 7) is 5.37. The minimum atomic E-state index is -0.100. The zero-order chi connectivity index (χ0) is 18.2. The Morgan fingerprint density at radius 1 is 0.920 bits per heavy atom. The van der Waals surface area contributed by atoms with E-state index in [4.69, 9.17) is 5.73 Å². The molecule has 6 heteroatoms. The number of carbonyl (C=O) groups is 1. The normalized spacial score (nSPS) is 11.1. The predicted octanol–water partition coefficient (Wildman–Crippen LogP) is 1.22. The van der Waals surface area contributed by atoms with Crippen LogP contribution in [0, 0.1) is 0 Å². The van der Waals surface area contributed by atoms with E-state index < -0.39 is 0 Å². The number of phenols is 1. The minimum Gasteiger partial charge on any atom is -0.508 e. The third kappa shape index (κ3) is 12.2. The Morgan fingerprint density at radius 3 is 2.16 bits per heavy atom. The van der Waals surface area contributed by atoms with Crippen LogP contribution in [-0.2, 0) is 4.79 Å². The predicted molar refractivity (Wildman–Crippen MR) is 103 cm³/mol. The van der Waals surface area contributed by atoms with Crippen LogP contribution in [0.2, 0.25) is 0 Å². The van der Waals surface area contributed by atoms with Gasteiger partial charge >= 0.3 is 0 Å². The van der Waals surface area contributed by atoms with Gasteiger partial charge in [0.1, 0.15) is 5.75 Å². The number of hydrogen-bond acceptors (Lipinski definition) is 5. The molecule has 0 aliphatic rings. The van der Waals surface area contributed by atoms with Crippen LogP contribution in [0.4, 0.5) is 0 Å². The minimum absolute atomic E-state index is 0.100. The lowest BCUT2D eigenvalue weighted by molar-refractivity contribution is -0.116. The van der Waals surface area contributed by atoms with E-state index in [0.717, 1.165) is 64.0 Å². The lowest BCUT2D eigenvalue weighted by Crippen LogP contribution is -2.26. The molecule has 0 saturated carbocycles. The van der Waals surface area contributed by atoms with Crippen molar-refractivity contribution in [3.63, 3.8) is 0 Å². The van der Waals surface area contributed by atoms with Crippen molar-refractivity contribution in [2.75, 3.05) is 39.3 Å². The Labute approximate surface area is 150 Å². The fraction of sp³-hybridized carbons (Fsp3) is 0.526. The van der Waals surface area contributed by atoms with Crippen molar-refractivity contribution >= 4 is 12.0 Å². The van der Waals surface area contributed by atoms with E-state index >= 15 is 0 Å². The van der Waals surface area contributed by atoms with Gasteiger partial charge in [-0.3, -0.25) is 4.79 Å². The summed E-state index contributed by atoms with van der Waals surface area (Å²) in [6.07, 6.45) is 7.50. The molecule has 0 atom stereocenters. The molecule has 25 heavy (non-hydrogen) atoms. The average molecular weight is 348 g/mol. The zero-order valence-corrected chi connectivity index (χ0v) is 15.0. The first-order valence-electron chi connectivity index (χ1n) is 9.09. The SMILES string of the molecule is NCCCNCCCCNCCCNC(=O)/C=C/c1ccc(O)cc1. The molecule has 6 nitrogen and oxygen atoms in total. The highest BCUT2D eigenvalue weighted by molar-refractivity contribution is 5.91. The van der Waals surface area contributed by atoms with Crippen molar-refractivity contribution in [2.24, 2.45) is 5.73 Å². The fourth-order valence-corrected chi connectivity index (χ4v) is 2.22. The lowest BCUT2D eigenvalue weighted by atomic mass is 10.2. The molecule has 6 N–H and O–H groups in total. The molecule has 0 spiro atoms. The van der Waals surface area contributed by atoms with Crippen LogP contribution in [0.25, 0.3) is 6.08 Å². The number of phenolic OH excluding ortho intramolecular Hbond substituents is 1. The van der Waals surface area contributed by atoms with E-state index in [1.165, 1.54) is 6.08 Å². The molecule has 0 aliphatic heterocycles. The average Bonchev–Trinajstić information content (AvgIpc) is 2.62. The Bertz CT molecular complexity index is 489. The molecule has 0 heterocycles. The number of aromatic hydroxyl groups is 1. The maximum absolute atomic E-state index is 11.7. The van der Waals surface area contributed by atoms with Gasteiger partial charge in [-0.1, -0.05) is 12.1 Å². The summed E-state index contributed by atoms with van der Waals surface area (Å²) in [4.78, 5) is 11.7. The van der Waals surface area contributed by atoms with Crippen LogP contribution in [0.1, 0.15) is 31.2 Å². The van der Waals surface area contributed by atoms with E-state index in [1.807, 2.05) is 0 Å². The molecule has 0 aliphatic carbocycles. The van der Waals surface area contributed by atoms with Crippen molar-refractivity contribution in [1.29, 1.82) is 0 Å². The van der Waals surface area contributed by atoms with E-state index in [1.54, 1.807) is 30.3 Å². The molecule has 0 unspecified atom stereocenters. The van der Waals surface area contributed by atoms with E-state index in [2.05, 4.69) is 16.0 Å². The number of benzene rings is 1. The van der Waals surface area contributed by atoms with Crippen molar-refractivity contribution in [3.8, 4) is 5.75 Å². The molecule has 0 radical (unpaired) electrons. The highest BCUT2D eigenvalue weighted by Gasteiger charge is 1.96. The fourth-order valence-electron chi connectivity index (χ4n) is 2.22. The molecular weight excluding hydrogens is 316 g/mol. The van der Waals surface area contributed by atoms with E-state index in [9.17, 15) is 9.90 Å². The van der Waals surface area contributed by atoms with Gasteiger partial charge in [0.2, 0.25) is 5.91 Å². The summed E-state index contributed by atoms with van der Waals surface area (Å²) in [5.41, 5.74) is 6.31. The Balaban J connectivity index is 1.92. The zero-order valence-electron chi connectivity index (χ0n) is 15.0. The number of rotatable bonds is 14. The second-order valence-corrected chi connectivity index (χ2v) is 5.92. The van der Waals surface area contributed by atoms with Gasteiger partial charge in [0.05, 0.1) is 0 Å². The Hall–Kier alpha value is -1.89. The molecular formula is C19H32N4O2. The van der Waals surface area contributed by atoms with Crippen LogP contribution in [0.15, 0.2) is 30.3 Å². The van der Waals surface area contributed by atoms with Gasteiger partial charge in [-0.15, -0.1) is 0 Å². The summed E-state index contributed by atoms with van der Waals surface area (Å²) in [5.74, 6) is 0.119. The first-order chi connectivity index (χ1) is 12.2. The van der Waals surface area contributed by atoms with Crippen LogP contribution < -0.4 is 21.7 Å². The first kappa shape index (κ1) is 21.2. The van der Waals surface area contributed by atoms with Gasteiger partial charge in [-0.25, -0.2) is 0 Å². The first-order valence-corrected chi connectivity index (χ1v) is 9.09. The van der Waals surface area contributed by atoms with Gasteiger partial charge in [0, 0.05) is 12.6 Å². The second-order valence-electron chi connectivity index (χ2n) is 5.92. The van der Waals surface area contributed by atoms with Gasteiger partial charge < -0.3 is 26.8 Å². The third-order valence-electron chi connectivity index (χ3n) is 3.66.